The molecule has 1 unspecified atom stereocenters. The largest absolute Gasteiger partial charge is 0.391 e. The van der Waals surface area contributed by atoms with Crippen LogP contribution >= 0.6 is 9.47 Å². The highest BCUT2D eigenvalue weighted by Crippen LogP contribution is 1.86. The van der Waals surface area contributed by atoms with E-state index in [-0.39, 0.29) is 6.10 Å². The Labute approximate surface area is 39.8 Å². The van der Waals surface area contributed by atoms with Crippen LogP contribution in [0.15, 0.2) is 0 Å². The Hall–Kier alpha value is 0.350. The molecule has 0 spiro atoms. The van der Waals surface area contributed by atoms with Crippen LogP contribution in [0.4, 0.5) is 0 Å². The lowest BCUT2D eigenvalue weighted by molar-refractivity contribution is 0.134. The minimum Gasteiger partial charge on any atom is -0.391 e. The van der Waals surface area contributed by atoms with E-state index in [0.717, 1.165) is 0 Å². The van der Waals surface area contributed by atoms with Crippen molar-refractivity contribution in [3.63, 3.8) is 0 Å². The van der Waals surface area contributed by atoms with Gasteiger partial charge in [-0.25, -0.2) is 0 Å². The monoisotopic (exact) mass is 108 g/mol. The summed E-state index contributed by atoms with van der Waals surface area (Å²) in [5.74, 6) is 0. The molecule has 2 atom stereocenters. The quantitative estimate of drug-likeness (QED) is 0.511. The molecule has 6 heavy (non-hydrogen) atoms. The predicted molar refractivity (Wildman–Crippen MR) is 27.3 cm³/mol. The number of rotatable bonds is 2. The van der Waals surface area contributed by atoms with Gasteiger partial charge < -0.3 is 9.63 Å². The van der Waals surface area contributed by atoms with Crippen LogP contribution in [0.2, 0.25) is 0 Å². The van der Waals surface area contributed by atoms with Gasteiger partial charge in [-0.1, -0.05) is 0 Å². The molecule has 0 aliphatic rings. The van der Waals surface area contributed by atoms with Gasteiger partial charge in [-0.3, -0.25) is 0 Å². The average Bonchev–Trinajstić information content (AvgIpc) is 1.35. The lowest BCUT2D eigenvalue weighted by atomic mass is 10.5. The first kappa shape index (κ1) is 6.35. The molecule has 0 aromatic rings. The van der Waals surface area contributed by atoms with Gasteiger partial charge in [-0.15, -0.1) is 0 Å². The zero-order valence-corrected chi connectivity index (χ0v) is 4.87. The summed E-state index contributed by atoms with van der Waals surface area (Å²) in [6.07, 6.45) is -0.345. The van der Waals surface area contributed by atoms with Crippen molar-refractivity contribution < 1.29 is 9.63 Å². The maximum Gasteiger partial charge on any atom is 0.0759 e. The first-order valence-corrected chi connectivity index (χ1v) is 2.24. The van der Waals surface area contributed by atoms with Crippen molar-refractivity contribution in [3.05, 3.63) is 0 Å². The molecule has 0 aliphatic carbocycles. The molecular formula is C3H9O2P. The molecule has 0 saturated heterocycles. The molecule has 2 nitrogen and oxygen atoms in total. The molecule has 0 bridgehead atoms. The fraction of sp³-hybridized carbons (Fsp3) is 1.00. The van der Waals surface area contributed by atoms with Crippen LogP contribution in [0.3, 0.4) is 0 Å². The Morgan fingerprint density at radius 1 is 2.00 bits per heavy atom. The minimum atomic E-state index is -0.345. The van der Waals surface area contributed by atoms with Gasteiger partial charge >= 0.3 is 0 Å². The number of aliphatic hydroxyl groups excluding tert-OH is 1. The van der Waals surface area contributed by atoms with Gasteiger partial charge in [-0.05, 0) is 6.92 Å². The van der Waals surface area contributed by atoms with E-state index < -0.39 is 0 Å². The van der Waals surface area contributed by atoms with E-state index in [1.165, 1.54) is 0 Å². The van der Waals surface area contributed by atoms with Gasteiger partial charge in [0, 0.05) is 9.47 Å². The highest BCUT2D eigenvalue weighted by atomic mass is 31.0. The standard InChI is InChI=1S/C3H9O2P/c1-3(4)2-5-6/h3-4H,2,6H2,1H3/t3-/m1/s1. The van der Waals surface area contributed by atoms with Crippen molar-refractivity contribution >= 4 is 9.47 Å². The summed E-state index contributed by atoms with van der Waals surface area (Å²) in [6.45, 7) is 2.06. The molecule has 1 N–H and O–H groups in total. The van der Waals surface area contributed by atoms with Gasteiger partial charge in [0.1, 0.15) is 0 Å². The molecule has 0 rings (SSSR count). The van der Waals surface area contributed by atoms with Gasteiger partial charge in [0.2, 0.25) is 0 Å². The lowest BCUT2D eigenvalue weighted by Gasteiger charge is -1.96. The van der Waals surface area contributed by atoms with Crippen molar-refractivity contribution in [1.29, 1.82) is 0 Å². The summed E-state index contributed by atoms with van der Waals surface area (Å²) >= 11 is 0. The van der Waals surface area contributed by atoms with E-state index in [1.54, 1.807) is 6.92 Å². The summed E-state index contributed by atoms with van der Waals surface area (Å²) in [5, 5.41) is 8.41. The molecule has 0 saturated carbocycles. The molecule has 0 aliphatic heterocycles. The van der Waals surface area contributed by atoms with E-state index in [1.807, 2.05) is 0 Å². The average molecular weight is 108 g/mol. The van der Waals surface area contributed by atoms with Crippen molar-refractivity contribution in [2.75, 3.05) is 6.61 Å². The van der Waals surface area contributed by atoms with Crippen molar-refractivity contribution in [3.8, 4) is 0 Å². The molecule has 0 heterocycles. The lowest BCUT2D eigenvalue weighted by Crippen LogP contribution is -2.04. The van der Waals surface area contributed by atoms with Crippen molar-refractivity contribution in [2.24, 2.45) is 0 Å². The minimum absolute atomic E-state index is 0.345. The predicted octanol–water partition coefficient (Wildman–Crippen LogP) is 0.174. The second kappa shape index (κ2) is 3.54. The first-order chi connectivity index (χ1) is 2.77. The Morgan fingerprint density at radius 3 is 2.50 bits per heavy atom. The summed E-state index contributed by atoms with van der Waals surface area (Å²) < 4.78 is 4.47. The Morgan fingerprint density at radius 2 is 2.50 bits per heavy atom. The molecular weight excluding hydrogens is 99.0 g/mol. The summed E-state index contributed by atoms with van der Waals surface area (Å²) in [5.41, 5.74) is 0. The van der Waals surface area contributed by atoms with Gasteiger partial charge in [0.25, 0.3) is 0 Å². The molecule has 0 amide bonds. The highest BCUT2D eigenvalue weighted by molar-refractivity contribution is 7.09. The smallest absolute Gasteiger partial charge is 0.0759 e. The second-order valence-electron chi connectivity index (χ2n) is 1.18. The van der Waals surface area contributed by atoms with Crippen LogP contribution in [-0.2, 0) is 4.52 Å². The van der Waals surface area contributed by atoms with Crippen molar-refractivity contribution in [2.45, 2.75) is 13.0 Å². The van der Waals surface area contributed by atoms with E-state index in [0.29, 0.717) is 6.61 Å². The van der Waals surface area contributed by atoms with Crippen LogP contribution in [0, 0.1) is 0 Å². The molecule has 0 aromatic carbocycles. The zero-order chi connectivity index (χ0) is 4.99. The van der Waals surface area contributed by atoms with Crippen molar-refractivity contribution in [1.82, 2.24) is 0 Å². The molecule has 0 aromatic heterocycles. The maximum absolute atomic E-state index is 8.41. The maximum atomic E-state index is 8.41. The Balaban J connectivity index is 2.63. The Bertz CT molecular complexity index is 30.0. The summed E-state index contributed by atoms with van der Waals surface area (Å²) in [6, 6.07) is 0. The van der Waals surface area contributed by atoms with Crippen LogP contribution in [0.1, 0.15) is 6.92 Å². The first-order valence-electron chi connectivity index (χ1n) is 1.77. The van der Waals surface area contributed by atoms with Crippen LogP contribution < -0.4 is 0 Å². The Kier molecular flexibility index (Phi) is 3.74. The SMILES string of the molecule is C[C@@H](O)COP. The van der Waals surface area contributed by atoms with E-state index in [4.69, 9.17) is 5.11 Å². The summed E-state index contributed by atoms with van der Waals surface area (Å²) in [7, 11) is 2.06. The fourth-order valence-corrected chi connectivity index (χ4v) is 0.418. The van der Waals surface area contributed by atoms with E-state index in [2.05, 4.69) is 14.0 Å². The van der Waals surface area contributed by atoms with Gasteiger partial charge in [0.15, 0.2) is 0 Å². The van der Waals surface area contributed by atoms with Gasteiger partial charge in [0.05, 0.1) is 12.7 Å². The van der Waals surface area contributed by atoms with Crippen LogP contribution in [0.25, 0.3) is 0 Å². The second-order valence-corrected chi connectivity index (χ2v) is 1.52. The highest BCUT2D eigenvalue weighted by Gasteiger charge is 1.87. The third-order valence-corrected chi connectivity index (χ3v) is 0.530. The number of hydrogen-bond donors (Lipinski definition) is 1. The molecule has 38 valence electrons. The normalized spacial score (nSPS) is 14.5. The topological polar surface area (TPSA) is 29.5 Å². The number of aliphatic hydroxyl groups is 1. The zero-order valence-electron chi connectivity index (χ0n) is 3.72. The van der Waals surface area contributed by atoms with Crippen LogP contribution in [-0.4, -0.2) is 17.8 Å². The number of hydrogen-bond acceptors (Lipinski definition) is 2. The van der Waals surface area contributed by atoms with E-state index >= 15 is 0 Å². The fourth-order valence-electron chi connectivity index (χ4n) is 0.139. The third kappa shape index (κ3) is 4.35. The molecule has 3 heteroatoms. The molecule has 0 fully saturated rings. The summed E-state index contributed by atoms with van der Waals surface area (Å²) in [4.78, 5) is 0. The van der Waals surface area contributed by atoms with E-state index in [9.17, 15) is 0 Å². The van der Waals surface area contributed by atoms with Gasteiger partial charge in [-0.2, -0.15) is 0 Å². The molecule has 0 radical (unpaired) electrons. The third-order valence-electron chi connectivity index (χ3n) is 0.337. The van der Waals surface area contributed by atoms with Crippen LogP contribution in [0.5, 0.6) is 0 Å².